The van der Waals surface area contributed by atoms with Crippen molar-refractivity contribution in [1.82, 2.24) is 10.2 Å². The Bertz CT molecular complexity index is 251. The molecule has 0 bridgehead atoms. The van der Waals surface area contributed by atoms with Gasteiger partial charge in [-0.3, -0.25) is 4.79 Å². The largest absolute Gasteiger partial charge is 0.378 e. The van der Waals surface area contributed by atoms with Crippen LogP contribution in [0, 0.1) is 5.92 Å². The number of amides is 1. The highest BCUT2D eigenvalue weighted by Crippen LogP contribution is 2.24. The minimum Gasteiger partial charge on any atom is -0.378 e. The van der Waals surface area contributed by atoms with E-state index in [0.29, 0.717) is 11.9 Å². The summed E-state index contributed by atoms with van der Waals surface area (Å²) in [5, 5.41) is 3.32. The summed E-state index contributed by atoms with van der Waals surface area (Å²) in [5.74, 6) is 0.377. The van der Waals surface area contributed by atoms with Crippen molar-refractivity contribution in [2.45, 2.75) is 38.8 Å². The first-order valence-electron chi connectivity index (χ1n) is 6.36. The monoisotopic (exact) mass is 226 g/mol. The summed E-state index contributed by atoms with van der Waals surface area (Å²) >= 11 is 0. The van der Waals surface area contributed by atoms with Gasteiger partial charge in [0.1, 0.15) is 0 Å². The zero-order valence-corrected chi connectivity index (χ0v) is 10.2. The number of carbonyl (C=O) groups is 1. The quantitative estimate of drug-likeness (QED) is 0.767. The van der Waals surface area contributed by atoms with Crippen molar-refractivity contribution in [3.8, 4) is 0 Å². The molecule has 1 amide bonds. The number of nitrogens with zero attached hydrogens (tertiary/aromatic N) is 1. The van der Waals surface area contributed by atoms with E-state index in [1.807, 2.05) is 11.8 Å². The van der Waals surface area contributed by atoms with Crippen molar-refractivity contribution in [3.05, 3.63) is 0 Å². The number of rotatable bonds is 3. The predicted octanol–water partition coefficient (Wildman–Crippen LogP) is 0.622. The van der Waals surface area contributed by atoms with Gasteiger partial charge in [0.2, 0.25) is 5.91 Å². The summed E-state index contributed by atoms with van der Waals surface area (Å²) < 4.78 is 5.48. The second kappa shape index (κ2) is 5.15. The minimum atomic E-state index is 0.0838. The average Bonchev–Trinajstić information content (AvgIpc) is 2.90. The fraction of sp³-hybridized carbons (Fsp3) is 0.917. The second-order valence-electron chi connectivity index (χ2n) is 4.74. The molecule has 3 atom stereocenters. The van der Waals surface area contributed by atoms with Crippen LogP contribution in [0.15, 0.2) is 0 Å². The number of hydrogen-bond donors (Lipinski definition) is 1. The molecule has 0 radical (unpaired) electrons. The Kier molecular flexibility index (Phi) is 3.82. The molecule has 2 rings (SSSR count). The number of likely N-dealkylation sites (N-methyl/N-ethyl adjacent to an activating group) is 1. The number of carbonyl (C=O) groups excluding carboxylic acids is 1. The molecule has 2 aliphatic rings. The first kappa shape index (κ1) is 11.9. The van der Waals surface area contributed by atoms with E-state index < -0.39 is 0 Å². The van der Waals surface area contributed by atoms with Crippen LogP contribution in [-0.4, -0.2) is 49.2 Å². The maximum absolute atomic E-state index is 12.4. The molecule has 2 heterocycles. The zero-order chi connectivity index (χ0) is 11.5. The lowest BCUT2D eigenvalue weighted by molar-refractivity contribution is -0.138. The van der Waals surface area contributed by atoms with Gasteiger partial charge >= 0.3 is 0 Å². The summed E-state index contributed by atoms with van der Waals surface area (Å²) in [7, 11) is 0. The van der Waals surface area contributed by atoms with Crippen LogP contribution in [0.2, 0.25) is 0 Å². The van der Waals surface area contributed by atoms with Crippen LogP contribution < -0.4 is 5.32 Å². The molecule has 16 heavy (non-hydrogen) atoms. The number of hydrogen-bond acceptors (Lipinski definition) is 3. The van der Waals surface area contributed by atoms with E-state index in [1.165, 1.54) is 0 Å². The fourth-order valence-electron chi connectivity index (χ4n) is 2.77. The van der Waals surface area contributed by atoms with E-state index in [0.717, 1.165) is 39.1 Å². The molecule has 4 nitrogen and oxygen atoms in total. The summed E-state index contributed by atoms with van der Waals surface area (Å²) in [6, 6.07) is 0.394. The van der Waals surface area contributed by atoms with E-state index in [4.69, 9.17) is 4.74 Å². The van der Waals surface area contributed by atoms with Gasteiger partial charge in [-0.1, -0.05) is 0 Å². The Morgan fingerprint density at radius 2 is 2.31 bits per heavy atom. The van der Waals surface area contributed by atoms with Gasteiger partial charge < -0.3 is 15.0 Å². The molecule has 2 aliphatic heterocycles. The van der Waals surface area contributed by atoms with E-state index in [1.54, 1.807) is 0 Å². The van der Waals surface area contributed by atoms with Gasteiger partial charge in [0.25, 0.3) is 0 Å². The molecule has 2 saturated heterocycles. The first-order chi connectivity index (χ1) is 7.74. The van der Waals surface area contributed by atoms with Crippen molar-refractivity contribution in [2.75, 3.05) is 26.2 Å². The van der Waals surface area contributed by atoms with E-state index in [2.05, 4.69) is 12.2 Å². The molecule has 2 fully saturated rings. The van der Waals surface area contributed by atoms with Gasteiger partial charge in [-0.2, -0.15) is 0 Å². The maximum atomic E-state index is 12.4. The lowest BCUT2D eigenvalue weighted by Crippen LogP contribution is -2.45. The Morgan fingerprint density at radius 1 is 1.50 bits per heavy atom. The first-order valence-corrected chi connectivity index (χ1v) is 6.36. The van der Waals surface area contributed by atoms with Gasteiger partial charge in [-0.15, -0.1) is 0 Å². The standard InChI is InChI=1S/C12H22N2O2/c1-3-14(10-4-6-13-8-10)12(15)11-5-7-16-9(11)2/h9-11,13H,3-8H2,1-2H3. The zero-order valence-electron chi connectivity index (χ0n) is 10.2. The van der Waals surface area contributed by atoms with Crippen molar-refractivity contribution in [1.29, 1.82) is 0 Å². The highest BCUT2D eigenvalue weighted by atomic mass is 16.5. The Balaban J connectivity index is 1.99. The van der Waals surface area contributed by atoms with E-state index >= 15 is 0 Å². The SMILES string of the molecule is CCN(C(=O)C1CCOC1C)C1CCNC1. The summed E-state index contributed by atoms with van der Waals surface area (Å²) in [6.07, 6.45) is 2.06. The van der Waals surface area contributed by atoms with Crippen LogP contribution in [0.3, 0.4) is 0 Å². The highest BCUT2D eigenvalue weighted by molar-refractivity contribution is 5.80. The topological polar surface area (TPSA) is 41.6 Å². The third-order valence-corrected chi connectivity index (χ3v) is 3.79. The third-order valence-electron chi connectivity index (χ3n) is 3.79. The third kappa shape index (κ3) is 2.23. The normalized spacial score (nSPS) is 34.2. The molecule has 0 spiro atoms. The molecule has 0 saturated carbocycles. The molecule has 0 aromatic heterocycles. The molecule has 0 aromatic rings. The molecule has 3 unspecified atom stereocenters. The Labute approximate surface area is 97.3 Å². The Morgan fingerprint density at radius 3 is 2.81 bits per heavy atom. The van der Waals surface area contributed by atoms with Crippen molar-refractivity contribution in [2.24, 2.45) is 5.92 Å². The average molecular weight is 226 g/mol. The summed E-state index contributed by atoms with van der Waals surface area (Å²) in [6.45, 7) is 7.60. The molecular weight excluding hydrogens is 204 g/mol. The molecule has 0 aliphatic carbocycles. The predicted molar refractivity (Wildman–Crippen MR) is 62.2 cm³/mol. The van der Waals surface area contributed by atoms with Gasteiger partial charge in [0.05, 0.1) is 12.0 Å². The van der Waals surface area contributed by atoms with Crippen LogP contribution in [0.25, 0.3) is 0 Å². The van der Waals surface area contributed by atoms with Crippen LogP contribution in [0.1, 0.15) is 26.7 Å². The van der Waals surface area contributed by atoms with Gasteiger partial charge in [-0.25, -0.2) is 0 Å². The molecule has 4 heteroatoms. The van der Waals surface area contributed by atoms with Crippen molar-refractivity contribution in [3.63, 3.8) is 0 Å². The lowest BCUT2D eigenvalue weighted by Gasteiger charge is -2.30. The Hall–Kier alpha value is -0.610. The number of nitrogens with one attached hydrogen (secondary N) is 1. The molecule has 92 valence electrons. The van der Waals surface area contributed by atoms with Crippen LogP contribution in [-0.2, 0) is 9.53 Å². The van der Waals surface area contributed by atoms with Crippen LogP contribution in [0.5, 0.6) is 0 Å². The molecule has 0 aromatic carbocycles. The fourth-order valence-corrected chi connectivity index (χ4v) is 2.77. The smallest absolute Gasteiger partial charge is 0.228 e. The van der Waals surface area contributed by atoms with Crippen LogP contribution >= 0.6 is 0 Å². The molecular formula is C12H22N2O2. The van der Waals surface area contributed by atoms with E-state index in [-0.39, 0.29) is 12.0 Å². The van der Waals surface area contributed by atoms with Gasteiger partial charge in [0, 0.05) is 25.7 Å². The molecule has 1 N–H and O–H groups in total. The van der Waals surface area contributed by atoms with Gasteiger partial charge in [0.15, 0.2) is 0 Å². The number of ether oxygens (including phenoxy) is 1. The maximum Gasteiger partial charge on any atom is 0.228 e. The summed E-state index contributed by atoms with van der Waals surface area (Å²) in [5.41, 5.74) is 0. The van der Waals surface area contributed by atoms with Crippen LogP contribution in [0.4, 0.5) is 0 Å². The highest BCUT2D eigenvalue weighted by Gasteiger charge is 2.36. The van der Waals surface area contributed by atoms with Crippen molar-refractivity contribution < 1.29 is 9.53 Å². The van der Waals surface area contributed by atoms with Gasteiger partial charge in [-0.05, 0) is 33.2 Å². The summed E-state index contributed by atoms with van der Waals surface area (Å²) in [4.78, 5) is 14.4. The van der Waals surface area contributed by atoms with Crippen molar-refractivity contribution >= 4 is 5.91 Å². The lowest BCUT2D eigenvalue weighted by atomic mass is 10.00. The second-order valence-corrected chi connectivity index (χ2v) is 4.74. The van der Waals surface area contributed by atoms with E-state index in [9.17, 15) is 4.79 Å². The minimum absolute atomic E-state index is 0.0838.